The van der Waals surface area contributed by atoms with E-state index in [1.807, 2.05) is 49.1 Å². The van der Waals surface area contributed by atoms with Gasteiger partial charge in [-0.05, 0) is 24.3 Å². The van der Waals surface area contributed by atoms with Gasteiger partial charge in [0.1, 0.15) is 23.5 Å². The van der Waals surface area contributed by atoms with Gasteiger partial charge >= 0.3 is 0 Å². The molecule has 4 aromatic rings. The number of aromatic nitrogens is 4. The number of aliphatic imine (C=N–C) groups is 1. The van der Waals surface area contributed by atoms with Crippen molar-refractivity contribution in [3.05, 3.63) is 79.1 Å². The molecule has 2 aromatic carbocycles. The van der Waals surface area contributed by atoms with Crippen LogP contribution in [0.3, 0.4) is 0 Å². The van der Waals surface area contributed by atoms with E-state index in [1.165, 1.54) is 25.2 Å². The minimum atomic E-state index is -0.348. The van der Waals surface area contributed by atoms with E-state index in [0.717, 1.165) is 5.69 Å². The molecule has 0 amide bonds. The van der Waals surface area contributed by atoms with Crippen molar-refractivity contribution >= 4 is 39.9 Å². The standard InChI is InChI=1S/C21H16FN7.C4H10.C2H6/c1-13-18-15(22)8-5-9-16(18)28-17(29(13)14-6-3-2-4-7-14)10-23-20-19-21(25-11-24-19)27-12-26-20;1-3-4-2;1-2/h2-9,11-12H,1,10H2,(H2,23,24,25,26,27);3-4H2,1-2H3;1-2H3. The van der Waals surface area contributed by atoms with Gasteiger partial charge in [-0.3, -0.25) is 4.90 Å². The number of amidine groups is 1. The van der Waals surface area contributed by atoms with Gasteiger partial charge in [0.15, 0.2) is 11.5 Å². The first-order valence-electron chi connectivity index (χ1n) is 11.9. The summed E-state index contributed by atoms with van der Waals surface area (Å²) < 4.78 is 14.5. The van der Waals surface area contributed by atoms with Crippen molar-refractivity contribution in [2.75, 3.05) is 16.8 Å². The third kappa shape index (κ3) is 5.71. The minimum absolute atomic E-state index is 0.342. The number of nitrogens with zero attached hydrogens (tertiary/aromatic N) is 5. The number of para-hydroxylation sites is 1. The SMILES string of the molecule is C=C1c2c(F)cccc2N=C(CNc2ncnc3nc[nH]c23)N1c1ccccc1.CC.CCCC. The predicted octanol–water partition coefficient (Wildman–Crippen LogP) is 6.96. The quantitative estimate of drug-likeness (QED) is 0.327. The molecule has 0 fully saturated rings. The number of nitrogens with one attached hydrogen (secondary N) is 2. The lowest BCUT2D eigenvalue weighted by Crippen LogP contribution is -2.36. The second-order valence-electron chi connectivity index (χ2n) is 7.46. The van der Waals surface area contributed by atoms with Crippen molar-refractivity contribution in [3.8, 4) is 0 Å². The van der Waals surface area contributed by atoms with E-state index in [4.69, 9.17) is 4.99 Å². The van der Waals surface area contributed by atoms with E-state index in [-0.39, 0.29) is 5.82 Å². The van der Waals surface area contributed by atoms with Gasteiger partial charge in [0.2, 0.25) is 0 Å². The van der Waals surface area contributed by atoms with Crippen molar-refractivity contribution in [1.82, 2.24) is 19.9 Å². The lowest BCUT2D eigenvalue weighted by Gasteiger charge is -2.32. The van der Waals surface area contributed by atoms with Gasteiger partial charge in [-0.1, -0.05) is 71.4 Å². The highest BCUT2D eigenvalue weighted by Crippen LogP contribution is 2.37. The minimum Gasteiger partial charge on any atom is -0.361 e. The van der Waals surface area contributed by atoms with Crippen molar-refractivity contribution in [3.63, 3.8) is 0 Å². The molecule has 1 aliphatic rings. The number of anilines is 2. The van der Waals surface area contributed by atoms with Crippen molar-refractivity contribution in [1.29, 1.82) is 0 Å². The fourth-order valence-electron chi connectivity index (χ4n) is 3.41. The molecule has 0 atom stereocenters. The monoisotopic (exact) mass is 473 g/mol. The summed E-state index contributed by atoms with van der Waals surface area (Å²) in [4.78, 5) is 22.1. The largest absolute Gasteiger partial charge is 0.361 e. The maximum absolute atomic E-state index is 14.5. The molecule has 1 aliphatic heterocycles. The Bertz CT molecular complexity index is 1280. The predicted molar refractivity (Wildman–Crippen MR) is 144 cm³/mol. The molecule has 0 radical (unpaired) electrons. The Morgan fingerprint density at radius 3 is 2.43 bits per heavy atom. The summed E-state index contributed by atoms with van der Waals surface area (Å²) >= 11 is 0. The molecule has 2 N–H and O–H groups in total. The first-order valence-corrected chi connectivity index (χ1v) is 11.9. The Morgan fingerprint density at radius 2 is 1.71 bits per heavy atom. The highest BCUT2D eigenvalue weighted by Gasteiger charge is 2.27. The second kappa shape index (κ2) is 12.4. The van der Waals surface area contributed by atoms with Gasteiger partial charge in [0.05, 0.1) is 29.8 Å². The van der Waals surface area contributed by atoms with E-state index >= 15 is 0 Å². The molecule has 35 heavy (non-hydrogen) atoms. The van der Waals surface area contributed by atoms with Gasteiger partial charge in [-0.25, -0.2) is 24.3 Å². The average Bonchev–Trinajstić information content (AvgIpc) is 3.39. The first kappa shape index (κ1) is 25.6. The summed E-state index contributed by atoms with van der Waals surface area (Å²) in [6.45, 7) is 12.9. The summed E-state index contributed by atoms with van der Waals surface area (Å²) in [7, 11) is 0. The van der Waals surface area contributed by atoms with Crippen LogP contribution in [0.4, 0.5) is 21.6 Å². The maximum Gasteiger partial charge on any atom is 0.182 e. The molecule has 3 heterocycles. The Morgan fingerprint density at radius 1 is 0.971 bits per heavy atom. The molecular formula is C27H32FN7. The number of imidazole rings is 1. The third-order valence-electron chi connectivity index (χ3n) is 5.21. The number of unbranched alkanes of at least 4 members (excludes halogenated alkanes) is 1. The number of halogens is 1. The molecule has 0 unspecified atom stereocenters. The van der Waals surface area contributed by atoms with Gasteiger partial charge in [-0.15, -0.1) is 0 Å². The van der Waals surface area contributed by atoms with E-state index < -0.39 is 0 Å². The molecule has 5 rings (SSSR count). The molecule has 0 bridgehead atoms. The van der Waals surface area contributed by atoms with E-state index in [0.29, 0.717) is 46.3 Å². The zero-order valence-electron chi connectivity index (χ0n) is 20.7. The van der Waals surface area contributed by atoms with Crippen LogP contribution in [0.5, 0.6) is 0 Å². The smallest absolute Gasteiger partial charge is 0.182 e. The fourth-order valence-corrected chi connectivity index (χ4v) is 3.41. The fraction of sp³-hybridized carbons (Fsp3) is 0.259. The Balaban J connectivity index is 0.000000521. The number of fused-ring (bicyclic) bond motifs is 2. The van der Waals surface area contributed by atoms with E-state index in [1.54, 1.807) is 18.5 Å². The van der Waals surface area contributed by atoms with Crippen LogP contribution >= 0.6 is 0 Å². The maximum atomic E-state index is 14.5. The molecular weight excluding hydrogens is 441 g/mol. The van der Waals surface area contributed by atoms with Crippen LogP contribution in [-0.2, 0) is 0 Å². The number of H-pyrrole nitrogens is 1. The van der Waals surface area contributed by atoms with Gasteiger partial charge in [0.25, 0.3) is 0 Å². The highest BCUT2D eigenvalue weighted by molar-refractivity contribution is 6.14. The third-order valence-corrected chi connectivity index (χ3v) is 5.21. The summed E-state index contributed by atoms with van der Waals surface area (Å²) in [5.74, 6) is 0.934. The van der Waals surface area contributed by atoms with Crippen LogP contribution < -0.4 is 10.2 Å². The Hall–Kier alpha value is -4.07. The first-order chi connectivity index (χ1) is 17.1. The van der Waals surface area contributed by atoms with Gasteiger partial charge in [0, 0.05) is 5.69 Å². The Labute approximate surface area is 205 Å². The van der Waals surface area contributed by atoms with Crippen LogP contribution in [0, 0.1) is 5.82 Å². The summed E-state index contributed by atoms with van der Waals surface area (Å²) in [5.41, 5.74) is 3.61. The zero-order chi connectivity index (χ0) is 25.2. The summed E-state index contributed by atoms with van der Waals surface area (Å²) in [5, 5.41) is 3.28. The number of hydrogen-bond acceptors (Lipinski definition) is 6. The molecule has 0 spiro atoms. The molecule has 7 nitrogen and oxygen atoms in total. The molecule has 8 heteroatoms. The molecule has 2 aromatic heterocycles. The lowest BCUT2D eigenvalue weighted by atomic mass is 10.1. The van der Waals surface area contributed by atoms with Crippen molar-refractivity contribution in [2.24, 2.45) is 4.99 Å². The van der Waals surface area contributed by atoms with Crippen LogP contribution in [0.15, 0.2) is 72.8 Å². The second-order valence-corrected chi connectivity index (χ2v) is 7.46. The van der Waals surface area contributed by atoms with Crippen LogP contribution in [0.2, 0.25) is 0 Å². The Kier molecular flexibility index (Phi) is 9.06. The molecule has 0 saturated carbocycles. The topological polar surface area (TPSA) is 82.1 Å². The molecule has 182 valence electrons. The molecule has 0 saturated heterocycles. The van der Waals surface area contributed by atoms with Crippen LogP contribution in [-0.4, -0.2) is 32.3 Å². The summed E-state index contributed by atoms with van der Waals surface area (Å²) in [6, 6.07) is 14.5. The number of aromatic amines is 1. The van der Waals surface area contributed by atoms with Crippen LogP contribution in [0.25, 0.3) is 16.9 Å². The number of hydrogen-bond donors (Lipinski definition) is 2. The summed E-state index contributed by atoms with van der Waals surface area (Å²) in [6.07, 6.45) is 5.66. The number of benzene rings is 2. The van der Waals surface area contributed by atoms with Gasteiger partial charge in [-0.2, -0.15) is 0 Å². The normalized spacial score (nSPS) is 12.1. The van der Waals surface area contributed by atoms with Gasteiger partial charge < -0.3 is 10.3 Å². The zero-order valence-corrected chi connectivity index (χ0v) is 20.7. The highest BCUT2D eigenvalue weighted by atomic mass is 19.1. The van der Waals surface area contributed by atoms with E-state index in [9.17, 15) is 4.39 Å². The molecule has 0 aliphatic carbocycles. The van der Waals surface area contributed by atoms with Crippen LogP contribution in [0.1, 0.15) is 46.1 Å². The van der Waals surface area contributed by atoms with Crippen molar-refractivity contribution in [2.45, 2.75) is 40.5 Å². The number of rotatable bonds is 5. The van der Waals surface area contributed by atoms with Crippen molar-refractivity contribution < 1.29 is 4.39 Å². The lowest BCUT2D eigenvalue weighted by molar-refractivity contribution is 0.623. The average molecular weight is 474 g/mol. The van der Waals surface area contributed by atoms with E-state index in [2.05, 4.69) is 45.7 Å².